The van der Waals surface area contributed by atoms with Gasteiger partial charge in [0.2, 0.25) is 5.91 Å². The van der Waals surface area contributed by atoms with Gasteiger partial charge in [0.15, 0.2) is 0 Å². The molecule has 6 heteroatoms. The zero-order valence-corrected chi connectivity index (χ0v) is 14.9. The molecule has 2 aromatic rings. The Morgan fingerprint density at radius 2 is 2.13 bits per heavy atom. The summed E-state index contributed by atoms with van der Waals surface area (Å²) in [7, 11) is 1.90. The van der Waals surface area contributed by atoms with Crippen LogP contribution >= 0.6 is 15.9 Å². The summed E-state index contributed by atoms with van der Waals surface area (Å²) in [5.74, 6) is 0.220. The second kappa shape index (κ2) is 6.84. The molecule has 1 saturated heterocycles. The third-order valence-corrected chi connectivity index (χ3v) is 4.96. The third kappa shape index (κ3) is 3.64. The Kier molecular flexibility index (Phi) is 4.82. The number of nitrogens with zero attached hydrogens (tertiary/aromatic N) is 2. The van der Waals surface area contributed by atoms with Gasteiger partial charge in [-0.3, -0.25) is 9.48 Å². The van der Waals surface area contributed by atoms with Crippen LogP contribution in [0.3, 0.4) is 0 Å². The molecule has 1 aliphatic rings. The number of hydrogen-bond donors (Lipinski definition) is 2. The van der Waals surface area contributed by atoms with Gasteiger partial charge in [0.25, 0.3) is 0 Å². The molecule has 1 aromatic heterocycles. The number of rotatable bonds is 4. The van der Waals surface area contributed by atoms with Crippen LogP contribution in [0.4, 0.5) is 0 Å². The number of halogens is 1. The predicted octanol–water partition coefficient (Wildman–Crippen LogP) is 2.36. The predicted molar refractivity (Wildman–Crippen MR) is 93.0 cm³/mol. The van der Waals surface area contributed by atoms with Crippen molar-refractivity contribution in [3.63, 3.8) is 0 Å². The van der Waals surface area contributed by atoms with E-state index in [1.807, 2.05) is 50.6 Å². The van der Waals surface area contributed by atoms with Gasteiger partial charge in [-0.25, -0.2) is 0 Å². The number of hydrogen-bond acceptors (Lipinski definition) is 3. The fourth-order valence-corrected chi connectivity index (χ4v) is 3.36. The zero-order chi connectivity index (χ0) is 16.4. The number of amides is 1. The van der Waals surface area contributed by atoms with Crippen molar-refractivity contribution in [2.24, 2.45) is 13.0 Å². The van der Waals surface area contributed by atoms with Gasteiger partial charge >= 0.3 is 0 Å². The molecule has 2 heterocycles. The Morgan fingerprint density at radius 3 is 2.78 bits per heavy atom. The van der Waals surface area contributed by atoms with E-state index in [9.17, 15) is 4.79 Å². The number of benzene rings is 1. The van der Waals surface area contributed by atoms with E-state index in [1.54, 1.807) is 4.68 Å². The van der Waals surface area contributed by atoms with Crippen LogP contribution in [-0.4, -0.2) is 28.8 Å². The molecular weight excluding hydrogens is 356 g/mol. The van der Waals surface area contributed by atoms with Crippen LogP contribution in [-0.2, 0) is 11.8 Å². The number of carbonyl (C=O) groups excluding carboxylic acids is 1. The van der Waals surface area contributed by atoms with Crippen molar-refractivity contribution in [1.82, 2.24) is 20.4 Å². The summed E-state index contributed by atoms with van der Waals surface area (Å²) in [6, 6.07) is 8.04. The van der Waals surface area contributed by atoms with Crippen molar-refractivity contribution < 1.29 is 4.79 Å². The standard InChI is InChI=1S/C17H21BrN4O/c1-11(12-3-5-14(18)6-4-12)21-17(23)16-9-19-8-15(16)13-7-20-22(2)10-13/h3-7,10-11,15-16,19H,8-9H2,1-2H3,(H,21,23)/t11?,15-,16+/m1/s1. The van der Waals surface area contributed by atoms with E-state index in [1.165, 1.54) is 0 Å². The lowest BCUT2D eigenvalue weighted by Crippen LogP contribution is -2.35. The van der Waals surface area contributed by atoms with Crippen molar-refractivity contribution in [3.8, 4) is 0 Å². The van der Waals surface area contributed by atoms with E-state index in [0.29, 0.717) is 6.54 Å². The van der Waals surface area contributed by atoms with Crippen molar-refractivity contribution in [2.45, 2.75) is 18.9 Å². The molecule has 2 N–H and O–H groups in total. The van der Waals surface area contributed by atoms with Crippen LogP contribution in [0.25, 0.3) is 0 Å². The molecule has 1 unspecified atom stereocenters. The van der Waals surface area contributed by atoms with Gasteiger partial charge in [-0.2, -0.15) is 5.10 Å². The molecule has 1 aliphatic heterocycles. The lowest BCUT2D eigenvalue weighted by atomic mass is 9.90. The molecule has 1 amide bonds. The average molecular weight is 377 g/mol. The number of nitrogens with one attached hydrogen (secondary N) is 2. The molecule has 122 valence electrons. The van der Waals surface area contributed by atoms with E-state index >= 15 is 0 Å². The van der Waals surface area contributed by atoms with Crippen LogP contribution in [0.2, 0.25) is 0 Å². The minimum absolute atomic E-state index is 0.00857. The lowest BCUT2D eigenvalue weighted by molar-refractivity contribution is -0.125. The molecule has 1 aromatic carbocycles. The number of aryl methyl sites for hydroxylation is 1. The summed E-state index contributed by atoms with van der Waals surface area (Å²) in [6.07, 6.45) is 3.85. The zero-order valence-electron chi connectivity index (χ0n) is 13.3. The number of aromatic nitrogens is 2. The van der Waals surface area contributed by atoms with Gasteiger partial charge < -0.3 is 10.6 Å². The fraction of sp³-hybridized carbons (Fsp3) is 0.412. The SMILES string of the molecule is CC(NC(=O)[C@H]1CNC[C@@H]1c1cnn(C)c1)c1ccc(Br)cc1. The van der Waals surface area contributed by atoms with Crippen molar-refractivity contribution in [2.75, 3.05) is 13.1 Å². The Morgan fingerprint density at radius 1 is 1.39 bits per heavy atom. The van der Waals surface area contributed by atoms with Crippen molar-refractivity contribution in [3.05, 3.63) is 52.3 Å². The third-order valence-electron chi connectivity index (χ3n) is 4.43. The van der Waals surface area contributed by atoms with Crippen LogP contribution < -0.4 is 10.6 Å². The Labute approximate surface area is 144 Å². The van der Waals surface area contributed by atoms with Crippen molar-refractivity contribution >= 4 is 21.8 Å². The second-order valence-electron chi connectivity index (χ2n) is 6.10. The van der Waals surface area contributed by atoms with E-state index in [4.69, 9.17) is 0 Å². The molecule has 0 bridgehead atoms. The molecule has 0 aliphatic carbocycles. The highest BCUT2D eigenvalue weighted by Gasteiger charge is 2.35. The first-order valence-corrected chi connectivity index (χ1v) is 8.59. The summed E-state index contributed by atoms with van der Waals surface area (Å²) < 4.78 is 2.82. The van der Waals surface area contributed by atoms with E-state index in [-0.39, 0.29) is 23.8 Å². The fourth-order valence-electron chi connectivity index (χ4n) is 3.09. The van der Waals surface area contributed by atoms with Crippen LogP contribution in [0, 0.1) is 5.92 Å². The van der Waals surface area contributed by atoms with Gasteiger partial charge in [-0.15, -0.1) is 0 Å². The van der Waals surface area contributed by atoms with Crippen LogP contribution in [0.1, 0.15) is 30.0 Å². The molecule has 0 saturated carbocycles. The summed E-state index contributed by atoms with van der Waals surface area (Å²) >= 11 is 3.43. The molecule has 0 radical (unpaired) electrons. The molecule has 0 spiro atoms. The van der Waals surface area contributed by atoms with Gasteiger partial charge in [-0.1, -0.05) is 28.1 Å². The maximum Gasteiger partial charge on any atom is 0.225 e. The first-order chi connectivity index (χ1) is 11.0. The van der Waals surface area contributed by atoms with Crippen LogP contribution in [0.5, 0.6) is 0 Å². The quantitative estimate of drug-likeness (QED) is 0.860. The van der Waals surface area contributed by atoms with Crippen LogP contribution in [0.15, 0.2) is 41.1 Å². The summed E-state index contributed by atoms with van der Waals surface area (Å²) in [5, 5.41) is 10.7. The Balaban J connectivity index is 1.68. The first kappa shape index (κ1) is 16.2. The van der Waals surface area contributed by atoms with Crippen molar-refractivity contribution in [1.29, 1.82) is 0 Å². The molecule has 3 rings (SSSR count). The molecule has 3 atom stereocenters. The maximum atomic E-state index is 12.7. The van der Waals surface area contributed by atoms with E-state index in [0.717, 1.165) is 22.1 Å². The molecular formula is C17H21BrN4O. The summed E-state index contributed by atoms with van der Waals surface area (Å²) in [4.78, 5) is 12.7. The topological polar surface area (TPSA) is 59.0 Å². The largest absolute Gasteiger partial charge is 0.349 e. The second-order valence-corrected chi connectivity index (χ2v) is 7.02. The highest BCUT2D eigenvalue weighted by atomic mass is 79.9. The Bertz CT molecular complexity index is 682. The van der Waals surface area contributed by atoms with E-state index < -0.39 is 0 Å². The summed E-state index contributed by atoms with van der Waals surface area (Å²) in [6.45, 7) is 3.54. The van der Waals surface area contributed by atoms with Gasteiger partial charge in [-0.05, 0) is 30.2 Å². The van der Waals surface area contributed by atoms with Gasteiger partial charge in [0, 0.05) is 36.7 Å². The normalized spacial score (nSPS) is 22.0. The average Bonchev–Trinajstić information content (AvgIpc) is 3.16. The van der Waals surface area contributed by atoms with Gasteiger partial charge in [0.05, 0.1) is 18.2 Å². The number of carbonyl (C=O) groups is 1. The monoisotopic (exact) mass is 376 g/mol. The summed E-state index contributed by atoms with van der Waals surface area (Å²) in [5.41, 5.74) is 2.22. The smallest absolute Gasteiger partial charge is 0.225 e. The highest BCUT2D eigenvalue weighted by molar-refractivity contribution is 9.10. The molecule has 5 nitrogen and oxygen atoms in total. The maximum absolute atomic E-state index is 12.7. The van der Waals surface area contributed by atoms with Gasteiger partial charge in [0.1, 0.15) is 0 Å². The molecule has 1 fully saturated rings. The molecule has 23 heavy (non-hydrogen) atoms. The first-order valence-electron chi connectivity index (χ1n) is 7.79. The van der Waals surface area contributed by atoms with E-state index in [2.05, 4.69) is 31.7 Å². The lowest BCUT2D eigenvalue weighted by Gasteiger charge is -2.21. The minimum Gasteiger partial charge on any atom is -0.349 e. The minimum atomic E-state index is -0.0582. The Hall–Kier alpha value is -1.66. The highest BCUT2D eigenvalue weighted by Crippen LogP contribution is 2.28.